The molecule has 0 unspecified atom stereocenters. The van der Waals surface area contributed by atoms with Crippen molar-refractivity contribution in [1.82, 2.24) is 14.5 Å². The Morgan fingerprint density at radius 1 is 1.17 bits per heavy atom. The van der Waals surface area contributed by atoms with Crippen molar-refractivity contribution in [2.75, 3.05) is 25.0 Å². The molecule has 0 fully saturated rings. The van der Waals surface area contributed by atoms with Gasteiger partial charge in [-0.1, -0.05) is 26.0 Å². The summed E-state index contributed by atoms with van der Waals surface area (Å²) in [5.74, 6) is 1.11. The maximum absolute atomic E-state index is 13.0. The van der Waals surface area contributed by atoms with Crippen molar-refractivity contribution in [2.24, 2.45) is 0 Å². The smallest absolute Gasteiger partial charge is 0.293 e. The van der Waals surface area contributed by atoms with E-state index in [1.165, 1.54) is 12.1 Å². The summed E-state index contributed by atoms with van der Waals surface area (Å²) >= 11 is 0. The summed E-state index contributed by atoms with van der Waals surface area (Å²) in [5.41, 5.74) is 2.29. The molecule has 0 spiro atoms. The van der Waals surface area contributed by atoms with E-state index in [0.29, 0.717) is 29.6 Å². The summed E-state index contributed by atoms with van der Waals surface area (Å²) < 4.78 is 13.4. The van der Waals surface area contributed by atoms with Gasteiger partial charge >= 0.3 is 0 Å². The topological polar surface area (TPSA) is 116 Å². The van der Waals surface area contributed by atoms with E-state index in [0.717, 1.165) is 30.7 Å². The molecule has 0 saturated carbocycles. The largest absolute Gasteiger partial charge is 0.486 e. The van der Waals surface area contributed by atoms with Crippen LogP contribution in [-0.4, -0.2) is 44.9 Å². The van der Waals surface area contributed by atoms with Crippen molar-refractivity contribution in [2.45, 2.75) is 33.9 Å². The number of hydrogen-bond acceptors (Lipinski definition) is 7. The first-order valence-electron chi connectivity index (χ1n) is 11.8. The second-order valence-electron chi connectivity index (χ2n) is 8.32. The number of imidazole rings is 1. The standard InChI is InChI=1S/C26H29N5O5/c1-4-29(5-2)14-15-30-23-9-7-6-8-21(23)27-26(30)28-25(32)24-13-11-20(36-24)17-35-19-10-12-22(31(33)34)18(3)16-19/h6-13,16H,4-5,14-15,17H2,1-3H3,(H,27,28,32). The number of aryl methyl sites for hydroxylation is 1. The number of nitrogens with zero attached hydrogens (tertiary/aromatic N) is 4. The molecule has 0 atom stereocenters. The van der Waals surface area contributed by atoms with Gasteiger partial charge in [0.15, 0.2) is 5.76 Å². The first kappa shape index (κ1) is 24.9. The van der Waals surface area contributed by atoms with E-state index in [-0.39, 0.29) is 18.1 Å². The lowest BCUT2D eigenvalue weighted by molar-refractivity contribution is -0.385. The van der Waals surface area contributed by atoms with Crippen molar-refractivity contribution in [3.05, 3.63) is 81.8 Å². The zero-order valence-corrected chi connectivity index (χ0v) is 20.6. The minimum absolute atomic E-state index is 0.0300. The summed E-state index contributed by atoms with van der Waals surface area (Å²) in [4.78, 5) is 30.4. The Morgan fingerprint density at radius 2 is 1.94 bits per heavy atom. The van der Waals surface area contributed by atoms with Gasteiger partial charge in [-0.25, -0.2) is 4.98 Å². The number of likely N-dealkylation sites (N-methyl/N-ethyl adjacent to an activating group) is 1. The van der Waals surface area contributed by atoms with Crippen molar-refractivity contribution in [3.8, 4) is 5.75 Å². The summed E-state index contributed by atoms with van der Waals surface area (Å²) in [6.45, 7) is 9.38. The Morgan fingerprint density at radius 3 is 2.67 bits per heavy atom. The Kier molecular flexibility index (Phi) is 7.65. The van der Waals surface area contributed by atoms with E-state index >= 15 is 0 Å². The Labute approximate surface area is 208 Å². The number of hydrogen-bond donors (Lipinski definition) is 1. The van der Waals surface area contributed by atoms with Crippen LogP contribution in [0, 0.1) is 17.0 Å². The van der Waals surface area contributed by atoms with E-state index in [9.17, 15) is 14.9 Å². The number of carbonyl (C=O) groups is 1. The summed E-state index contributed by atoms with van der Waals surface area (Å²) in [5, 5.41) is 13.9. The number of nitro benzene ring substituents is 1. The molecule has 2 aromatic heterocycles. The zero-order valence-electron chi connectivity index (χ0n) is 20.6. The van der Waals surface area contributed by atoms with E-state index in [1.807, 2.05) is 28.8 Å². The van der Waals surface area contributed by atoms with Gasteiger partial charge in [-0.15, -0.1) is 0 Å². The van der Waals surface area contributed by atoms with Crippen LogP contribution in [0.1, 0.15) is 35.7 Å². The summed E-state index contributed by atoms with van der Waals surface area (Å²) in [6.07, 6.45) is 0. The minimum atomic E-state index is -0.436. The number of fused-ring (bicyclic) bond motifs is 1. The van der Waals surface area contributed by atoms with E-state index in [1.54, 1.807) is 25.1 Å². The molecule has 0 aliphatic carbocycles. The van der Waals surface area contributed by atoms with Crippen LogP contribution in [0.25, 0.3) is 11.0 Å². The highest BCUT2D eigenvalue weighted by Gasteiger charge is 2.18. The number of ether oxygens (including phenoxy) is 1. The number of para-hydroxylation sites is 2. The molecule has 4 rings (SSSR count). The van der Waals surface area contributed by atoms with Gasteiger partial charge in [0.05, 0.1) is 16.0 Å². The second-order valence-corrected chi connectivity index (χ2v) is 8.32. The number of nitrogens with one attached hydrogen (secondary N) is 1. The van der Waals surface area contributed by atoms with Gasteiger partial charge in [0.25, 0.3) is 11.6 Å². The molecular formula is C26H29N5O5. The molecule has 2 heterocycles. The Balaban J connectivity index is 1.45. The molecule has 4 aromatic rings. The molecule has 10 nitrogen and oxygen atoms in total. The van der Waals surface area contributed by atoms with Crippen LogP contribution in [0.15, 0.2) is 59.0 Å². The molecular weight excluding hydrogens is 462 g/mol. The van der Waals surface area contributed by atoms with Crippen LogP contribution in [0.5, 0.6) is 5.75 Å². The van der Waals surface area contributed by atoms with Crippen LogP contribution in [0.2, 0.25) is 0 Å². The fraction of sp³-hybridized carbons (Fsp3) is 0.308. The average molecular weight is 492 g/mol. The molecule has 1 N–H and O–H groups in total. The number of benzene rings is 2. The van der Waals surface area contributed by atoms with Gasteiger partial charge in [0.2, 0.25) is 5.95 Å². The number of rotatable bonds is 11. The summed E-state index contributed by atoms with van der Waals surface area (Å²) in [6, 6.07) is 15.5. The van der Waals surface area contributed by atoms with E-state index in [2.05, 4.69) is 29.0 Å². The molecule has 0 aliphatic rings. The van der Waals surface area contributed by atoms with Crippen molar-refractivity contribution >= 4 is 28.6 Å². The maximum Gasteiger partial charge on any atom is 0.293 e. The van der Waals surface area contributed by atoms with Gasteiger partial charge in [-0.05, 0) is 56.4 Å². The Bertz CT molecular complexity index is 1370. The first-order valence-corrected chi connectivity index (χ1v) is 11.8. The molecule has 188 valence electrons. The number of furan rings is 1. The average Bonchev–Trinajstić information content (AvgIpc) is 3.48. The lowest BCUT2D eigenvalue weighted by Crippen LogP contribution is -2.27. The van der Waals surface area contributed by atoms with E-state index in [4.69, 9.17) is 9.15 Å². The number of amides is 1. The Hall–Kier alpha value is -4.18. The highest BCUT2D eigenvalue weighted by molar-refractivity contribution is 6.02. The van der Waals surface area contributed by atoms with Crippen LogP contribution in [0.4, 0.5) is 11.6 Å². The molecule has 0 saturated heterocycles. The van der Waals surface area contributed by atoms with Crippen LogP contribution in [0.3, 0.4) is 0 Å². The van der Waals surface area contributed by atoms with Gasteiger partial charge in [0.1, 0.15) is 18.1 Å². The second kappa shape index (κ2) is 11.0. The molecule has 0 aliphatic heterocycles. The molecule has 0 radical (unpaired) electrons. The lowest BCUT2D eigenvalue weighted by Gasteiger charge is -2.19. The first-order chi connectivity index (χ1) is 17.4. The molecule has 0 bridgehead atoms. The van der Waals surface area contributed by atoms with Gasteiger partial charge in [0, 0.05) is 24.7 Å². The number of aromatic nitrogens is 2. The van der Waals surface area contributed by atoms with Gasteiger partial charge in [-0.2, -0.15) is 0 Å². The molecule has 10 heteroatoms. The highest BCUT2D eigenvalue weighted by atomic mass is 16.6. The third-order valence-corrected chi connectivity index (χ3v) is 6.05. The van der Waals surface area contributed by atoms with E-state index < -0.39 is 10.8 Å². The summed E-state index contributed by atoms with van der Waals surface area (Å²) in [7, 11) is 0. The monoisotopic (exact) mass is 491 g/mol. The maximum atomic E-state index is 13.0. The minimum Gasteiger partial charge on any atom is -0.486 e. The third-order valence-electron chi connectivity index (χ3n) is 6.05. The SMILES string of the molecule is CCN(CC)CCn1c(NC(=O)c2ccc(COc3ccc([N+](=O)[O-])c(C)c3)o2)nc2ccccc21. The quantitative estimate of drug-likeness (QED) is 0.231. The number of anilines is 1. The molecule has 2 aromatic carbocycles. The molecule has 36 heavy (non-hydrogen) atoms. The van der Waals surface area contributed by atoms with Crippen molar-refractivity contribution in [3.63, 3.8) is 0 Å². The zero-order chi connectivity index (χ0) is 25.7. The number of nitro groups is 1. The van der Waals surface area contributed by atoms with Crippen molar-refractivity contribution in [1.29, 1.82) is 0 Å². The van der Waals surface area contributed by atoms with Gasteiger partial charge in [-0.3, -0.25) is 20.2 Å². The van der Waals surface area contributed by atoms with Gasteiger partial charge < -0.3 is 18.6 Å². The normalized spacial score (nSPS) is 11.2. The van der Waals surface area contributed by atoms with Crippen LogP contribution in [-0.2, 0) is 13.2 Å². The predicted octanol–water partition coefficient (Wildman–Crippen LogP) is 5.02. The van der Waals surface area contributed by atoms with Crippen molar-refractivity contribution < 1.29 is 18.9 Å². The lowest BCUT2D eigenvalue weighted by atomic mass is 10.2. The van der Waals surface area contributed by atoms with Crippen LogP contribution < -0.4 is 10.1 Å². The third kappa shape index (κ3) is 5.55. The highest BCUT2D eigenvalue weighted by Crippen LogP contribution is 2.24. The number of carbonyl (C=O) groups excluding carboxylic acids is 1. The van der Waals surface area contributed by atoms with Crippen LogP contribution >= 0.6 is 0 Å². The fourth-order valence-corrected chi connectivity index (χ4v) is 4.00. The predicted molar refractivity (Wildman–Crippen MR) is 136 cm³/mol. The fourth-order valence-electron chi connectivity index (χ4n) is 4.00. The molecule has 1 amide bonds.